The van der Waals surface area contributed by atoms with Crippen LogP contribution in [0.5, 0.6) is 0 Å². The molecule has 3 aromatic rings. The van der Waals surface area contributed by atoms with Crippen LogP contribution in [-0.2, 0) is 6.54 Å². The highest BCUT2D eigenvalue weighted by molar-refractivity contribution is 5.74. The van der Waals surface area contributed by atoms with Crippen molar-refractivity contribution in [2.24, 2.45) is 5.92 Å². The highest BCUT2D eigenvalue weighted by atomic mass is 19.1. The van der Waals surface area contributed by atoms with E-state index >= 15 is 0 Å². The molecule has 0 bridgehead atoms. The van der Waals surface area contributed by atoms with Crippen LogP contribution in [0.15, 0.2) is 46.0 Å². The summed E-state index contributed by atoms with van der Waals surface area (Å²) in [7, 11) is 0. The molecule has 1 saturated heterocycles. The van der Waals surface area contributed by atoms with E-state index in [1.807, 2.05) is 0 Å². The first-order valence-corrected chi connectivity index (χ1v) is 8.00. The molecule has 0 radical (unpaired) electrons. The molecule has 0 spiro atoms. The molecule has 1 aliphatic heterocycles. The van der Waals surface area contributed by atoms with Gasteiger partial charge in [0.15, 0.2) is 5.58 Å². The van der Waals surface area contributed by atoms with Crippen molar-refractivity contribution in [3.05, 3.63) is 53.0 Å². The lowest BCUT2D eigenvalue weighted by molar-refractivity contribution is 0.342. The Balaban J connectivity index is 1.43. The van der Waals surface area contributed by atoms with E-state index in [0.29, 0.717) is 29.6 Å². The summed E-state index contributed by atoms with van der Waals surface area (Å²) in [5, 5.41) is 0. The first kappa shape index (κ1) is 14.9. The number of hydrogen-bond acceptors (Lipinski definition) is 5. The summed E-state index contributed by atoms with van der Waals surface area (Å²) in [4.78, 5) is 22.2. The Labute approximate surface area is 137 Å². The zero-order chi connectivity index (χ0) is 16.5. The summed E-state index contributed by atoms with van der Waals surface area (Å²) < 4.78 is 20.6. The Morgan fingerprint density at radius 3 is 2.88 bits per heavy atom. The number of piperidine rings is 1. The molecule has 0 aliphatic carbocycles. The van der Waals surface area contributed by atoms with Crippen molar-refractivity contribution < 1.29 is 8.81 Å². The SMILES string of the molecule is O=c1ccncn1CC1CCN(c2nc3cc(F)ccc3o2)CC1. The van der Waals surface area contributed by atoms with E-state index in [2.05, 4.69) is 14.9 Å². The van der Waals surface area contributed by atoms with Crippen LogP contribution in [0.2, 0.25) is 0 Å². The van der Waals surface area contributed by atoms with Gasteiger partial charge in [-0.15, -0.1) is 0 Å². The highest BCUT2D eigenvalue weighted by Crippen LogP contribution is 2.27. The molecule has 0 unspecified atom stereocenters. The maximum Gasteiger partial charge on any atom is 0.298 e. The number of halogens is 1. The minimum absolute atomic E-state index is 0.0200. The topological polar surface area (TPSA) is 64.2 Å². The van der Waals surface area contributed by atoms with E-state index in [4.69, 9.17) is 4.42 Å². The van der Waals surface area contributed by atoms with Gasteiger partial charge in [-0.05, 0) is 30.9 Å². The molecule has 7 heteroatoms. The van der Waals surface area contributed by atoms with Gasteiger partial charge in [0.2, 0.25) is 0 Å². The molecular formula is C17H17FN4O2. The smallest absolute Gasteiger partial charge is 0.298 e. The van der Waals surface area contributed by atoms with Crippen LogP contribution in [0.4, 0.5) is 10.4 Å². The molecule has 6 nitrogen and oxygen atoms in total. The summed E-state index contributed by atoms with van der Waals surface area (Å²) in [5.41, 5.74) is 1.11. The Hall–Kier alpha value is -2.70. The summed E-state index contributed by atoms with van der Waals surface area (Å²) in [6.07, 6.45) is 4.98. The van der Waals surface area contributed by atoms with Crippen LogP contribution < -0.4 is 10.5 Å². The van der Waals surface area contributed by atoms with Crippen molar-refractivity contribution in [1.82, 2.24) is 14.5 Å². The van der Waals surface area contributed by atoms with Crippen LogP contribution in [-0.4, -0.2) is 27.6 Å². The van der Waals surface area contributed by atoms with Crippen molar-refractivity contribution >= 4 is 17.1 Å². The summed E-state index contributed by atoms with van der Waals surface area (Å²) in [6, 6.07) is 6.36. The first-order chi connectivity index (χ1) is 11.7. The van der Waals surface area contributed by atoms with Crippen molar-refractivity contribution in [3.8, 4) is 0 Å². The standard InChI is InChI=1S/C17H17FN4O2/c18-13-1-2-15-14(9-13)20-17(24-15)21-7-4-12(5-8-21)10-22-11-19-6-3-16(22)23/h1-3,6,9,11-12H,4-5,7-8,10H2. The van der Waals surface area contributed by atoms with Crippen molar-refractivity contribution in [1.29, 1.82) is 0 Å². The van der Waals surface area contributed by atoms with Gasteiger partial charge in [0.25, 0.3) is 11.6 Å². The molecule has 0 saturated carbocycles. The highest BCUT2D eigenvalue weighted by Gasteiger charge is 2.23. The van der Waals surface area contributed by atoms with Gasteiger partial charge >= 0.3 is 0 Å². The van der Waals surface area contributed by atoms with Gasteiger partial charge in [0.1, 0.15) is 11.3 Å². The second-order valence-electron chi connectivity index (χ2n) is 6.11. The van der Waals surface area contributed by atoms with E-state index in [0.717, 1.165) is 25.9 Å². The molecule has 3 heterocycles. The molecule has 0 amide bonds. The van der Waals surface area contributed by atoms with Crippen LogP contribution >= 0.6 is 0 Å². The molecule has 2 aromatic heterocycles. The number of benzene rings is 1. The molecule has 4 rings (SSSR count). The third-order valence-electron chi connectivity index (χ3n) is 4.47. The number of aromatic nitrogens is 3. The number of oxazole rings is 1. The molecule has 124 valence electrons. The second-order valence-corrected chi connectivity index (χ2v) is 6.11. The molecule has 24 heavy (non-hydrogen) atoms. The second kappa shape index (κ2) is 6.07. The number of fused-ring (bicyclic) bond motifs is 1. The lowest BCUT2D eigenvalue weighted by Crippen LogP contribution is -2.36. The van der Waals surface area contributed by atoms with E-state index in [1.54, 1.807) is 17.0 Å². The van der Waals surface area contributed by atoms with Crippen LogP contribution in [0.3, 0.4) is 0 Å². The zero-order valence-corrected chi connectivity index (χ0v) is 13.1. The average Bonchev–Trinajstić information content (AvgIpc) is 3.01. The minimum atomic E-state index is -0.317. The van der Waals surface area contributed by atoms with E-state index in [9.17, 15) is 9.18 Å². The third-order valence-corrected chi connectivity index (χ3v) is 4.47. The average molecular weight is 328 g/mol. The Morgan fingerprint density at radius 2 is 2.08 bits per heavy atom. The number of hydrogen-bond donors (Lipinski definition) is 0. The van der Waals surface area contributed by atoms with Gasteiger partial charge in [0, 0.05) is 38.0 Å². The van der Waals surface area contributed by atoms with E-state index in [-0.39, 0.29) is 11.4 Å². The number of rotatable bonds is 3. The van der Waals surface area contributed by atoms with E-state index in [1.165, 1.54) is 24.4 Å². The lowest BCUT2D eigenvalue weighted by atomic mass is 9.97. The van der Waals surface area contributed by atoms with Crippen molar-refractivity contribution in [3.63, 3.8) is 0 Å². The normalized spacial score (nSPS) is 16.0. The van der Waals surface area contributed by atoms with Gasteiger partial charge in [-0.25, -0.2) is 9.37 Å². The summed E-state index contributed by atoms with van der Waals surface area (Å²) >= 11 is 0. The number of anilines is 1. The fourth-order valence-electron chi connectivity index (χ4n) is 3.12. The maximum atomic E-state index is 13.3. The Bertz CT molecular complexity index is 912. The van der Waals surface area contributed by atoms with E-state index < -0.39 is 0 Å². The van der Waals surface area contributed by atoms with Gasteiger partial charge in [-0.3, -0.25) is 9.36 Å². The zero-order valence-electron chi connectivity index (χ0n) is 13.1. The quantitative estimate of drug-likeness (QED) is 0.739. The maximum absolute atomic E-state index is 13.3. The van der Waals surface area contributed by atoms with Gasteiger partial charge in [0.05, 0.1) is 6.33 Å². The van der Waals surface area contributed by atoms with Crippen LogP contribution in [0.25, 0.3) is 11.1 Å². The molecule has 0 atom stereocenters. The molecule has 1 aliphatic rings. The number of nitrogens with zero attached hydrogens (tertiary/aromatic N) is 4. The van der Waals surface area contributed by atoms with Gasteiger partial charge in [-0.2, -0.15) is 4.98 Å². The fraction of sp³-hybridized carbons (Fsp3) is 0.353. The molecular weight excluding hydrogens is 311 g/mol. The first-order valence-electron chi connectivity index (χ1n) is 8.00. The van der Waals surface area contributed by atoms with Crippen molar-refractivity contribution in [2.75, 3.05) is 18.0 Å². The van der Waals surface area contributed by atoms with Gasteiger partial charge < -0.3 is 9.32 Å². The van der Waals surface area contributed by atoms with Gasteiger partial charge in [-0.1, -0.05) is 0 Å². The predicted octanol–water partition coefficient (Wildman–Crippen LogP) is 2.44. The lowest BCUT2D eigenvalue weighted by Gasteiger charge is -2.30. The molecule has 0 N–H and O–H groups in total. The van der Waals surface area contributed by atoms with Crippen LogP contribution in [0.1, 0.15) is 12.8 Å². The summed E-state index contributed by atoms with van der Waals surface area (Å²) in [5.74, 6) is 0.105. The monoisotopic (exact) mass is 328 g/mol. The minimum Gasteiger partial charge on any atom is -0.423 e. The van der Waals surface area contributed by atoms with Crippen LogP contribution in [0, 0.1) is 11.7 Å². The third kappa shape index (κ3) is 2.89. The molecule has 1 aromatic carbocycles. The largest absolute Gasteiger partial charge is 0.423 e. The fourth-order valence-corrected chi connectivity index (χ4v) is 3.12. The molecule has 1 fully saturated rings. The predicted molar refractivity (Wildman–Crippen MR) is 87.4 cm³/mol. The van der Waals surface area contributed by atoms with Crippen molar-refractivity contribution in [2.45, 2.75) is 19.4 Å². The Morgan fingerprint density at radius 1 is 1.25 bits per heavy atom. The Kier molecular flexibility index (Phi) is 3.76. The summed E-state index contributed by atoms with van der Waals surface area (Å²) in [6.45, 7) is 2.28.